The van der Waals surface area contributed by atoms with E-state index < -0.39 is 12.0 Å². The average molecular weight is 207 g/mol. The Morgan fingerprint density at radius 1 is 1.53 bits per heavy atom. The van der Waals surface area contributed by atoms with Crippen molar-refractivity contribution in [2.45, 2.75) is 20.0 Å². The maximum atomic E-state index is 10.8. The number of aryl methyl sites for hydroxylation is 1. The number of amides is 1. The van der Waals surface area contributed by atoms with Crippen LogP contribution in [0.4, 0.5) is 0 Å². The van der Waals surface area contributed by atoms with E-state index in [4.69, 9.17) is 10.5 Å². The van der Waals surface area contributed by atoms with Gasteiger partial charge in [0, 0.05) is 0 Å². The molecule has 0 saturated carbocycles. The second-order valence-corrected chi connectivity index (χ2v) is 3.27. The molecule has 1 amide bonds. The molecular formula is C11H13NO3. The van der Waals surface area contributed by atoms with E-state index in [-0.39, 0.29) is 0 Å². The van der Waals surface area contributed by atoms with Gasteiger partial charge in [-0.1, -0.05) is 12.1 Å². The SMILES string of the molecule is Cc1cccc(C=O)c1OC(C)C(N)=O. The molecule has 0 saturated heterocycles. The Morgan fingerprint density at radius 3 is 2.73 bits per heavy atom. The molecule has 0 spiro atoms. The van der Waals surface area contributed by atoms with Crippen molar-refractivity contribution in [3.8, 4) is 5.75 Å². The van der Waals surface area contributed by atoms with Crippen molar-refractivity contribution in [1.82, 2.24) is 0 Å². The summed E-state index contributed by atoms with van der Waals surface area (Å²) in [6.45, 7) is 3.35. The number of hydrogen-bond acceptors (Lipinski definition) is 3. The normalized spacial score (nSPS) is 11.9. The van der Waals surface area contributed by atoms with Gasteiger partial charge < -0.3 is 10.5 Å². The number of para-hydroxylation sites is 1. The van der Waals surface area contributed by atoms with E-state index in [1.807, 2.05) is 0 Å². The van der Waals surface area contributed by atoms with Gasteiger partial charge in [-0.15, -0.1) is 0 Å². The van der Waals surface area contributed by atoms with Crippen LogP contribution < -0.4 is 10.5 Å². The molecule has 1 aromatic carbocycles. The second-order valence-electron chi connectivity index (χ2n) is 3.27. The Labute approximate surface area is 88.0 Å². The number of carbonyl (C=O) groups is 2. The Morgan fingerprint density at radius 2 is 2.20 bits per heavy atom. The Bertz CT molecular complexity index is 387. The lowest BCUT2D eigenvalue weighted by molar-refractivity contribution is -0.124. The zero-order valence-electron chi connectivity index (χ0n) is 8.69. The van der Waals surface area contributed by atoms with E-state index in [0.29, 0.717) is 17.6 Å². The number of nitrogens with two attached hydrogens (primary N) is 1. The van der Waals surface area contributed by atoms with Gasteiger partial charge in [-0.05, 0) is 25.5 Å². The van der Waals surface area contributed by atoms with Crippen LogP contribution in [0, 0.1) is 6.92 Å². The lowest BCUT2D eigenvalue weighted by Crippen LogP contribution is -2.31. The summed E-state index contributed by atoms with van der Waals surface area (Å²) in [4.78, 5) is 21.6. The molecule has 4 nitrogen and oxygen atoms in total. The van der Waals surface area contributed by atoms with Gasteiger partial charge in [-0.25, -0.2) is 0 Å². The maximum absolute atomic E-state index is 10.8. The zero-order chi connectivity index (χ0) is 11.4. The summed E-state index contributed by atoms with van der Waals surface area (Å²) in [5, 5.41) is 0. The lowest BCUT2D eigenvalue weighted by atomic mass is 10.1. The first-order chi connectivity index (χ1) is 7.06. The minimum absolute atomic E-state index is 0.416. The molecule has 1 aromatic rings. The van der Waals surface area contributed by atoms with Crippen LogP contribution in [0.3, 0.4) is 0 Å². The summed E-state index contributed by atoms with van der Waals surface area (Å²) < 4.78 is 5.32. The summed E-state index contributed by atoms with van der Waals surface area (Å²) in [6.07, 6.45) is -0.0550. The fraction of sp³-hybridized carbons (Fsp3) is 0.273. The quantitative estimate of drug-likeness (QED) is 0.750. The van der Waals surface area contributed by atoms with Crippen molar-refractivity contribution >= 4 is 12.2 Å². The molecule has 0 aliphatic rings. The molecule has 4 heteroatoms. The molecule has 1 atom stereocenters. The fourth-order valence-corrected chi connectivity index (χ4v) is 1.16. The fourth-order valence-electron chi connectivity index (χ4n) is 1.16. The molecule has 0 aromatic heterocycles. The number of rotatable bonds is 4. The van der Waals surface area contributed by atoms with Gasteiger partial charge in [0.1, 0.15) is 5.75 Å². The van der Waals surface area contributed by atoms with Crippen molar-refractivity contribution in [2.75, 3.05) is 0 Å². The summed E-state index contributed by atoms with van der Waals surface area (Å²) in [5.41, 5.74) is 6.29. The molecule has 0 aliphatic heterocycles. The van der Waals surface area contributed by atoms with E-state index >= 15 is 0 Å². The number of ether oxygens (including phenoxy) is 1. The van der Waals surface area contributed by atoms with Crippen LogP contribution in [-0.4, -0.2) is 18.3 Å². The summed E-state index contributed by atoms with van der Waals surface area (Å²) in [6, 6.07) is 5.18. The van der Waals surface area contributed by atoms with Crippen LogP contribution in [0.2, 0.25) is 0 Å². The van der Waals surface area contributed by atoms with Gasteiger partial charge in [0.2, 0.25) is 0 Å². The summed E-state index contributed by atoms with van der Waals surface area (Å²) >= 11 is 0. The number of hydrogen-bond donors (Lipinski definition) is 1. The summed E-state index contributed by atoms with van der Waals surface area (Å²) in [5.74, 6) is -0.145. The van der Waals surface area contributed by atoms with Crippen molar-refractivity contribution in [3.05, 3.63) is 29.3 Å². The highest BCUT2D eigenvalue weighted by atomic mass is 16.5. The topological polar surface area (TPSA) is 69.4 Å². The van der Waals surface area contributed by atoms with E-state index in [0.717, 1.165) is 5.56 Å². The third-order valence-corrected chi connectivity index (χ3v) is 2.06. The summed E-state index contributed by atoms with van der Waals surface area (Å²) in [7, 11) is 0. The minimum atomic E-state index is -0.746. The van der Waals surface area contributed by atoms with Crippen LogP contribution in [0.5, 0.6) is 5.75 Å². The smallest absolute Gasteiger partial charge is 0.258 e. The molecule has 80 valence electrons. The molecule has 0 bridgehead atoms. The second kappa shape index (κ2) is 4.59. The van der Waals surface area contributed by atoms with Crippen molar-refractivity contribution < 1.29 is 14.3 Å². The van der Waals surface area contributed by atoms with Crippen LogP contribution >= 0.6 is 0 Å². The third-order valence-electron chi connectivity index (χ3n) is 2.06. The first kappa shape index (κ1) is 11.2. The van der Waals surface area contributed by atoms with Crippen LogP contribution in [0.1, 0.15) is 22.8 Å². The Kier molecular flexibility index (Phi) is 3.44. The number of primary amides is 1. The van der Waals surface area contributed by atoms with E-state index in [9.17, 15) is 9.59 Å². The standard InChI is InChI=1S/C11H13NO3/c1-7-4-3-5-9(6-13)10(7)15-8(2)11(12)14/h3-6,8H,1-2H3,(H2,12,14). The Balaban J connectivity index is 3.02. The maximum Gasteiger partial charge on any atom is 0.258 e. The molecule has 0 aliphatic carbocycles. The van der Waals surface area contributed by atoms with Crippen molar-refractivity contribution in [3.63, 3.8) is 0 Å². The van der Waals surface area contributed by atoms with Gasteiger partial charge in [0.25, 0.3) is 5.91 Å². The van der Waals surface area contributed by atoms with E-state index in [1.165, 1.54) is 0 Å². The monoisotopic (exact) mass is 207 g/mol. The highest BCUT2D eigenvalue weighted by Gasteiger charge is 2.14. The Hall–Kier alpha value is -1.84. The first-order valence-electron chi connectivity index (χ1n) is 4.57. The average Bonchev–Trinajstić information content (AvgIpc) is 2.20. The largest absolute Gasteiger partial charge is 0.480 e. The molecule has 0 fully saturated rings. The highest BCUT2D eigenvalue weighted by molar-refractivity contribution is 5.82. The van der Waals surface area contributed by atoms with Gasteiger partial charge in [-0.2, -0.15) is 0 Å². The van der Waals surface area contributed by atoms with Crippen molar-refractivity contribution in [2.24, 2.45) is 5.73 Å². The molecule has 0 radical (unpaired) electrons. The minimum Gasteiger partial charge on any atom is -0.480 e. The molecule has 15 heavy (non-hydrogen) atoms. The predicted octanol–water partition coefficient (Wildman–Crippen LogP) is 1.06. The van der Waals surface area contributed by atoms with Crippen LogP contribution in [-0.2, 0) is 4.79 Å². The first-order valence-corrected chi connectivity index (χ1v) is 4.57. The van der Waals surface area contributed by atoms with Crippen molar-refractivity contribution in [1.29, 1.82) is 0 Å². The predicted molar refractivity (Wildman–Crippen MR) is 55.9 cm³/mol. The van der Waals surface area contributed by atoms with Crippen LogP contribution in [0.15, 0.2) is 18.2 Å². The highest BCUT2D eigenvalue weighted by Crippen LogP contribution is 2.22. The lowest BCUT2D eigenvalue weighted by Gasteiger charge is -2.14. The van der Waals surface area contributed by atoms with E-state index in [2.05, 4.69) is 0 Å². The van der Waals surface area contributed by atoms with Crippen LogP contribution in [0.25, 0.3) is 0 Å². The molecular weight excluding hydrogens is 194 g/mol. The van der Waals surface area contributed by atoms with Gasteiger partial charge >= 0.3 is 0 Å². The molecule has 1 unspecified atom stereocenters. The number of carbonyl (C=O) groups excluding carboxylic acids is 2. The number of benzene rings is 1. The van der Waals surface area contributed by atoms with Gasteiger partial charge in [0.05, 0.1) is 5.56 Å². The van der Waals surface area contributed by atoms with Gasteiger partial charge in [0.15, 0.2) is 12.4 Å². The van der Waals surface area contributed by atoms with E-state index in [1.54, 1.807) is 32.0 Å². The molecule has 1 rings (SSSR count). The molecule has 2 N–H and O–H groups in total. The van der Waals surface area contributed by atoms with Gasteiger partial charge in [-0.3, -0.25) is 9.59 Å². The number of aldehydes is 1. The molecule has 0 heterocycles. The zero-order valence-corrected chi connectivity index (χ0v) is 8.69. The third kappa shape index (κ3) is 2.56.